The summed E-state index contributed by atoms with van der Waals surface area (Å²) in [5.74, 6) is 2.57. The van der Waals surface area contributed by atoms with E-state index in [-0.39, 0.29) is 11.8 Å². The van der Waals surface area contributed by atoms with Crippen molar-refractivity contribution in [3.05, 3.63) is 23.4 Å². The Hall–Kier alpha value is -1.69. The minimum atomic E-state index is 0.199. The number of thiophene rings is 1. The summed E-state index contributed by atoms with van der Waals surface area (Å²) in [5, 5.41) is 6.05. The minimum absolute atomic E-state index is 0.199. The van der Waals surface area contributed by atoms with Crippen molar-refractivity contribution in [1.82, 2.24) is 15.0 Å². The molecule has 1 aliphatic heterocycles. The zero-order chi connectivity index (χ0) is 16.4. The van der Waals surface area contributed by atoms with Gasteiger partial charge in [0.05, 0.1) is 10.8 Å². The molecule has 1 saturated heterocycles. The number of carbonyl (C=O) groups is 1. The van der Waals surface area contributed by atoms with E-state index in [0.29, 0.717) is 18.1 Å². The van der Waals surface area contributed by atoms with Gasteiger partial charge in [-0.25, -0.2) is 0 Å². The van der Waals surface area contributed by atoms with Gasteiger partial charge in [-0.2, -0.15) is 4.98 Å². The molecule has 0 radical (unpaired) electrons. The first-order valence-electron chi connectivity index (χ1n) is 8.95. The van der Waals surface area contributed by atoms with Crippen LogP contribution in [0.1, 0.15) is 56.8 Å². The molecule has 2 fully saturated rings. The predicted octanol–water partition coefficient (Wildman–Crippen LogP) is 4.08. The van der Waals surface area contributed by atoms with Crippen molar-refractivity contribution in [2.24, 2.45) is 5.92 Å². The van der Waals surface area contributed by atoms with Gasteiger partial charge in [0.25, 0.3) is 0 Å². The van der Waals surface area contributed by atoms with Crippen LogP contribution in [-0.4, -0.2) is 34.0 Å². The van der Waals surface area contributed by atoms with Gasteiger partial charge in [0, 0.05) is 19.5 Å². The van der Waals surface area contributed by atoms with E-state index in [1.54, 1.807) is 11.3 Å². The fraction of sp³-hybridized carbons (Fsp3) is 0.611. The molecule has 128 valence electrons. The van der Waals surface area contributed by atoms with Crippen molar-refractivity contribution in [2.45, 2.75) is 50.9 Å². The number of hydrogen-bond acceptors (Lipinski definition) is 5. The van der Waals surface area contributed by atoms with E-state index >= 15 is 0 Å². The second kappa shape index (κ2) is 7.05. The summed E-state index contributed by atoms with van der Waals surface area (Å²) in [4.78, 5) is 19.7. The monoisotopic (exact) mass is 345 g/mol. The van der Waals surface area contributed by atoms with Crippen LogP contribution in [0.15, 0.2) is 22.0 Å². The van der Waals surface area contributed by atoms with Crippen LogP contribution < -0.4 is 0 Å². The summed E-state index contributed by atoms with van der Waals surface area (Å²) in [6.07, 6.45) is 8.43. The van der Waals surface area contributed by atoms with Crippen LogP contribution in [0.2, 0.25) is 0 Å². The summed E-state index contributed by atoms with van der Waals surface area (Å²) in [7, 11) is 0. The molecule has 0 aromatic carbocycles. The van der Waals surface area contributed by atoms with Gasteiger partial charge < -0.3 is 9.42 Å². The van der Waals surface area contributed by atoms with E-state index in [1.807, 2.05) is 22.4 Å². The van der Waals surface area contributed by atoms with Crippen molar-refractivity contribution in [3.63, 3.8) is 0 Å². The zero-order valence-electron chi connectivity index (χ0n) is 13.8. The van der Waals surface area contributed by atoms with Gasteiger partial charge in [0.15, 0.2) is 0 Å². The quantitative estimate of drug-likeness (QED) is 0.819. The lowest BCUT2D eigenvalue weighted by molar-refractivity contribution is -0.136. The third kappa shape index (κ3) is 3.38. The highest BCUT2D eigenvalue weighted by atomic mass is 32.1. The van der Waals surface area contributed by atoms with Gasteiger partial charge in [0.2, 0.25) is 17.6 Å². The van der Waals surface area contributed by atoms with E-state index < -0.39 is 0 Å². The average Bonchev–Trinajstić information content (AvgIpc) is 3.24. The molecule has 6 heteroatoms. The van der Waals surface area contributed by atoms with Crippen LogP contribution in [0.3, 0.4) is 0 Å². The van der Waals surface area contributed by atoms with Crippen molar-refractivity contribution in [2.75, 3.05) is 13.1 Å². The summed E-state index contributed by atoms with van der Waals surface area (Å²) in [6.45, 7) is 1.44. The largest absolute Gasteiger partial charge is 0.341 e. The fourth-order valence-electron chi connectivity index (χ4n) is 3.71. The first kappa shape index (κ1) is 15.8. The Kier molecular flexibility index (Phi) is 4.65. The number of rotatable bonds is 5. The Bertz CT molecular complexity index is 670. The van der Waals surface area contributed by atoms with Crippen molar-refractivity contribution in [1.29, 1.82) is 0 Å². The lowest BCUT2D eigenvalue weighted by atomic mass is 9.86. The Morgan fingerprint density at radius 1 is 1.29 bits per heavy atom. The van der Waals surface area contributed by atoms with Crippen LogP contribution in [0.4, 0.5) is 0 Å². The van der Waals surface area contributed by atoms with E-state index in [9.17, 15) is 4.79 Å². The van der Waals surface area contributed by atoms with Gasteiger partial charge >= 0.3 is 0 Å². The average molecular weight is 345 g/mol. The van der Waals surface area contributed by atoms with Crippen LogP contribution in [0.25, 0.3) is 10.7 Å². The van der Waals surface area contributed by atoms with Gasteiger partial charge in [-0.3, -0.25) is 4.79 Å². The zero-order valence-corrected chi connectivity index (χ0v) is 14.6. The normalized spacial score (nSPS) is 19.4. The molecule has 0 bridgehead atoms. The van der Waals surface area contributed by atoms with Crippen LogP contribution in [-0.2, 0) is 4.79 Å². The second-order valence-corrected chi connectivity index (χ2v) is 7.92. The van der Waals surface area contributed by atoms with Crippen LogP contribution in [0, 0.1) is 5.92 Å². The number of aromatic nitrogens is 2. The molecule has 2 aromatic rings. The van der Waals surface area contributed by atoms with Crippen LogP contribution in [0.5, 0.6) is 0 Å². The first-order valence-corrected chi connectivity index (χ1v) is 9.83. The maximum Gasteiger partial charge on any atom is 0.233 e. The molecule has 1 amide bonds. The third-order valence-electron chi connectivity index (χ3n) is 5.26. The minimum Gasteiger partial charge on any atom is -0.341 e. The third-order valence-corrected chi connectivity index (χ3v) is 6.12. The van der Waals surface area contributed by atoms with Gasteiger partial charge in [0.1, 0.15) is 0 Å². The molecule has 0 N–H and O–H groups in total. The molecule has 0 unspecified atom stereocenters. The smallest absolute Gasteiger partial charge is 0.233 e. The summed E-state index contributed by atoms with van der Waals surface area (Å²) in [5.41, 5.74) is 0. The number of hydrogen-bond donors (Lipinski definition) is 0. The van der Waals surface area contributed by atoms with E-state index in [1.165, 1.54) is 32.1 Å². The summed E-state index contributed by atoms with van der Waals surface area (Å²) in [6, 6.07) is 3.97. The highest BCUT2D eigenvalue weighted by Crippen LogP contribution is 2.31. The number of likely N-dealkylation sites (tertiary alicyclic amines) is 1. The van der Waals surface area contributed by atoms with Crippen molar-refractivity contribution >= 4 is 17.2 Å². The van der Waals surface area contributed by atoms with Gasteiger partial charge in [-0.1, -0.05) is 43.3 Å². The molecule has 0 atom stereocenters. The lowest BCUT2D eigenvalue weighted by Gasteiger charge is -2.37. The first-order chi connectivity index (χ1) is 11.8. The van der Waals surface area contributed by atoms with Crippen molar-refractivity contribution in [3.8, 4) is 10.7 Å². The Morgan fingerprint density at radius 2 is 2.12 bits per heavy atom. The van der Waals surface area contributed by atoms with Crippen molar-refractivity contribution < 1.29 is 9.32 Å². The molecule has 24 heavy (non-hydrogen) atoms. The molecule has 1 saturated carbocycles. The molecule has 4 rings (SSSR count). The maximum absolute atomic E-state index is 12.3. The number of amides is 1. The summed E-state index contributed by atoms with van der Waals surface area (Å²) >= 11 is 1.60. The fourth-order valence-corrected chi connectivity index (χ4v) is 4.36. The predicted molar refractivity (Wildman–Crippen MR) is 92.7 cm³/mol. The maximum atomic E-state index is 12.3. The molecule has 5 nitrogen and oxygen atoms in total. The van der Waals surface area contributed by atoms with E-state index in [0.717, 1.165) is 30.3 Å². The SMILES string of the molecule is O=C(CCC1CCCCC1)N1CC(c2nc(-c3cccs3)no2)C1. The Morgan fingerprint density at radius 3 is 2.88 bits per heavy atom. The molecule has 2 aromatic heterocycles. The Labute approximate surface area is 146 Å². The summed E-state index contributed by atoms with van der Waals surface area (Å²) < 4.78 is 5.38. The standard InChI is InChI=1S/C18H23N3O2S/c22-16(9-8-13-5-2-1-3-6-13)21-11-14(12-21)18-19-17(20-23-18)15-7-4-10-24-15/h4,7,10,13-14H,1-3,5-6,8-9,11-12H2. The van der Waals surface area contributed by atoms with E-state index in [2.05, 4.69) is 10.1 Å². The molecular weight excluding hydrogens is 322 g/mol. The highest BCUT2D eigenvalue weighted by molar-refractivity contribution is 7.13. The van der Waals surface area contributed by atoms with Crippen LogP contribution >= 0.6 is 11.3 Å². The molecule has 1 aliphatic carbocycles. The van der Waals surface area contributed by atoms with Gasteiger partial charge in [-0.05, 0) is 23.8 Å². The molecule has 0 spiro atoms. The second-order valence-electron chi connectivity index (χ2n) is 6.97. The lowest BCUT2D eigenvalue weighted by Crippen LogP contribution is -2.48. The topological polar surface area (TPSA) is 59.2 Å². The highest BCUT2D eigenvalue weighted by Gasteiger charge is 2.35. The molecule has 2 aliphatic rings. The van der Waals surface area contributed by atoms with E-state index in [4.69, 9.17) is 4.52 Å². The Balaban J connectivity index is 1.24. The molecular formula is C18H23N3O2S. The van der Waals surface area contributed by atoms with Gasteiger partial charge in [-0.15, -0.1) is 11.3 Å². The number of carbonyl (C=O) groups excluding carboxylic acids is 1. The molecule has 3 heterocycles. The number of nitrogens with zero attached hydrogens (tertiary/aromatic N) is 3.